The molecule has 0 aliphatic carbocycles. The first-order valence-electron chi connectivity index (χ1n) is 7.16. The minimum Gasteiger partial charge on any atom is -0.316 e. The standard InChI is InChI=1S/C17H27N/c1-4-16-9-11-17(12-10-16)8-6-5-7-13-18-14-15(2)3/h5-6,9-12,15,18H,4,7-8,13-14H2,1-3H3/b6-5+. The minimum absolute atomic E-state index is 0.742. The molecule has 100 valence electrons. The van der Waals surface area contributed by atoms with Crippen LogP contribution < -0.4 is 5.32 Å². The number of hydrogen-bond donors (Lipinski definition) is 1. The maximum atomic E-state index is 3.45. The van der Waals surface area contributed by atoms with Crippen LogP contribution in [-0.4, -0.2) is 13.1 Å². The van der Waals surface area contributed by atoms with Gasteiger partial charge in [-0.25, -0.2) is 0 Å². The highest BCUT2D eigenvalue weighted by atomic mass is 14.8. The van der Waals surface area contributed by atoms with E-state index >= 15 is 0 Å². The molecule has 0 saturated heterocycles. The summed E-state index contributed by atoms with van der Waals surface area (Å²) in [6, 6.07) is 8.93. The Bertz CT molecular complexity index is 335. The quantitative estimate of drug-likeness (QED) is 0.539. The fraction of sp³-hybridized carbons (Fsp3) is 0.529. The highest BCUT2D eigenvalue weighted by Gasteiger charge is 1.92. The Hall–Kier alpha value is -1.08. The topological polar surface area (TPSA) is 12.0 Å². The van der Waals surface area contributed by atoms with Gasteiger partial charge in [-0.3, -0.25) is 0 Å². The van der Waals surface area contributed by atoms with Crippen molar-refractivity contribution in [2.24, 2.45) is 5.92 Å². The second-order valence-corrected chi connectivity index (χ2v) is 5.23. The lowest BCUT2D eigenvalue weighted by Crippen LogP contribution is -2.20. The smallest absolute Gasteiger partial charge is 0.00142 e. The molecule has 0 aliphatic rings. The van der Waals surface area contributed by atoms with Crippen molar-refractivity contribution in [3.63, 3.8) is 0 Å². The van der Waals surface area contributed by atoms with E-state index in [0.717, 1.165) is 38.3 Å². The molecule has 1 rings (SSSR count). The maximum Gasteiger partial charge on any atom is -0.00142 e. The lowest BCUT2D eigenvalue weighted by atomic mass is 10.1. The van der Waals surface area contributed by atoms with Crippen molar-refractivity contribution in [1.82, 2.24) is 5.32 Å². The SMILES string of the molecule is CCc1ccc(C/C=C/CCNCC(C)C)cc1. The first-order valence-corrected chi connectivity index (χ1v) is 7.16. The highest BCUT2D eigenvalue weighted by molar-refractivity contribution is 5.24. The van der Waals surface area contributed by atoms with Crippen LogP contribution >= 0.6 is 0 Å². The second kappa shape index (κ2) is 8.93. The molecule has 1 aromatic carbocycles. The Labute approximate surface area is 112 Å². The van der Waals surface area contributed by atoms with Crippen molar-refractivity contribution >= 4 is 0 Å². The summed E-state index contributed by atoms with van der Waals surface area (Å²) in [5.41, 5.74) is 2.82. The zero-order valence-corrected chi connectivity index (χ0v) is 12.1. The van der Waals surface area contributed by atoms with Crippen molar-refractivity contribution in [3.05, 3.63) is 47.5 Å². The highest BCUT2D eigenvalue weighted by Crippen LogP contribution is 2.06. The van der Waals surface area contributed by atoms with Gasteiger partial charge in [0.2, 0.25) is 0 Å². The van der Waals surface area contributed by atoms with E-state index in [1.54, 1.807) is 0 Å². The number of nitrogens with one attached hydrogen (secondary N) is 1. The van der Waals surface area contributed by atoms with Gasteiger partial charge in [0.05, 0.1) is 0 Å². The van der Waals surface area contributed by atoms with Gasteiger partial charge < -0.3 is 5.32 Å². The van der Waals surface area contributed by atoms with E-state index in [2.05, 4.69) is 62.5 Å². The average Bonchev–Trinajstić information content (AvgIpc) is 2.38. The Morgan fingerprint density at radius 3 is 2.33 bits per heavy atom. The summed E-state index contributed by atoms with van der Waals surface area (Å²) >= 11 is 0. The van der Waals surface area contributed by atoms with E-state index in [0.29, 0.717) is 0 Å². The van der Waals surface area contributed by atoms with Crippen LogP contribution in [0.4, 0.5) is 0 Å². The Morgan fingerprint density at radius 2 is 1.72 bits per heavy atom. The van der Waals surface area contributed by atoms with E-state index in [-0.39, 0.29) is 0 Å². The Balaban J connectivity index is 2.15. The van der Waals surface area contributed by atoms with Crippen molar-refractivity contribution in [3.8, 4) is 0 Å². The van der Waals surface area contributed by atoms with Crippen LogP contribution in [0.1, 0.15) is 38.3 Å². The fourth-order valence-electron chi connectivity index (χ4n) is 1.82. The summed E-state index contributed by atoms with van der Waals surface area (Å²) in [6.45, 7) is 8.88. The van der Waals surface area contributed by atoms with Gasteiger partial charge in [0.25, 0.3) is 0 Å². The summed E-state index contributed by atoms with van der Waals surface area (Å²) in [5, 5.41) is 3.45. The molecule has 0 bridgehead atoms. The largest absolute Gasteiger partial charge is 0.316 e. The molecule has 0 amide bonds. The molecular formula is C17H27N. The zero-order chi connectivity index (χ0) is 13.2. The van der Waals surface area contributed by atoms with Gasteiger partial charge in [-0.15, -0.1) is 0 Å². The summed E-state index contributed by atoms with van der Waals surface area (Å²) in [6.07, 6.45) is 7.85. The van der Waals surface area contributed by atoms with Crippen molar-refractivity contribution < 1.29 is 0 Å². The van der Waals surface area contributed by atoms with E-state index in [1.807, 2.05) is 0 Å². The fourth-order valence-corrected chi connectivity index (χ4v) is 1.82. The first kappa shape index (κ1) is 15.0. The van der Waals surface area contributed by atoms with Gasteiger partial charge >= 0.3 is 0 Å². The first-order chi connectivity index (χ1) is 8.72. The molecule has 0 aliphatic heterocycles. The predicted molar refractivity (Wildman–Crippen MR) is 81.0 cm³/mol. The third kappa shape index (κ3) is 6.61. The van der Waals surface area contributed by atoms with Gasteiger partial charge in [0.15, 0.2) is 0 Å². The Morgan fingerprint density at radius 1 is 1.06 bits per heavy atom. The molecule has 18 heavy (non-hydrogen) atoms. The van der Waals surface area contributed by atoms with Crippen molar-refractivity contribution in [2.75, 3.05) is 13.1 Å². The van der Waals surface area contributed by atoms with Crippen LogP contribution in [0.2, 0.25) is 0 Å². The van der Waals surface area contributed by atoms with Crippen LogP contribution in [-0.2, 0) is 12.8 Å². The molecule has 1 aromatic rings. The molecule has 0 spiro atoms. The second-order valence-electron chi connectivity index (χ2n) is 5.23. The van der Waals surface area contributed by atoms with E-state index < -0.39 is 0 Å². The third-order valence-electron chi connectivity index (χ3n) is 2.99. The molecule has 0 heterocycles. The molecule has 1 heteroatoms. The molecule has 0 fully saturated rings. The van der Waals surface area contributed by atoms with E-state index in [9.17, 15) is 0 Å². The van der Waals surface area contributed by atoms with Gasteiger partial charge in [-0.05, 0) is 49.4 Å². The van der Waals surface area contributed by atoms with Crippen molar-refractivity contribution in [2.45, 2.75) is 40.0 Å². The third-order valence-corrected chi connectivity index (χ3v) is 2.99. The number of aryl methyl sites for hydroxylation is 1. The number of benzene rings is 1. The summed E-state index contributed by atoms with van der Waals surface area (Å²) < 4.78 is 0. The van der Waals surface area contributed by atoms with Gasteiger partial charge in [0.1, 0.15) is 0 Å². The summed E-state index contributed by atoms with van der Waals surface area (Å²) in [4.78, 5) is 0. The van der Waals surface area contributed by atoms with Gasteiger partial charge in [-0.2, -0.15) is 0 Å². The van der Waals surface area contributed by atoms with Crippen LogP contribution in [0.25, 0.3) is 0 Å². The van der Waals surface area contributed by atoms with Crippen molar-refractivity contribution in [1.29, 1.82) is 0 Å². The van der Waals surface area contributed by atoms with Gasteiger partial charge in [-0.1, -0.05) is 57.2 Å². The predicted octanol–water partition coefficient (Wildman–Crippen LogP) is 3.98. The monoisotopic (exact) mass is 245 g/mol. The minimum atomic E-state index is 0.742. The summed E-state index contributed by atoms with van der Waals surface area (Å²) in [7, 11) is 0. The zero-order valence-electron chi connectivity index (χ0n) is 12.1. The van der Waals surface area contributed by atoms with Crippen LogP contribution in [0.5, 0.6) is 0 Å². The molecule has 1 N–H and O–H groups in total. The van der Waals surface area contributed by atoms with Crippen LogP contribution in [0, 0.1) is 5.92 Å². The van der Waals surface area contributed by atoms with E-state index in [1.165, 1.54) is 11.1 Å². The summed E-state index contributed by atoms with van der Waals surface area (Å²) in [5.74, 6) is 0.742. The number of rotatable bonds is 8. The van der Waals surface area contributed by atoms with E-state index in [4.69, 9.17) is 0 Å². The number of hydrogen-bond acceptors (Lipinski definition) is 1. The molecule has 0 unspecified atom stereocenters. The molecule has 0 aromatic heterocycles. The molecule has 0 radical (unpaired) electrons. The maximum absolute atomic E-state index is 3.45. The molecule has 1 nitrogen and oxygen atoms in total. The Kier molecular flexibility index (Phi) is 7.43. The van der Waals surface area contributed by atoms with Gasteiger partial charge in [0, 0.05) is 0 Å². The molecule has 0 saturated carbocycles. The van der Waals surface area contributed by atoms with Crippen LogP contribution in [0.15, 0.2) is 36.4 Å². The lowest BCUT2D eigenvalue weighted by molar-refractivity contribution is 0.556. The normalized spacial score (nSPS) is 11.6. The lowest BCUT2D eigenvalue weighted by Gasteiger charge is -2.04. The molecule has 0 atom stereocenters. The van der Waals surface area contributed by atoms with Crippen LogP contribution in [0.3, 0.4) is 0 Å². The average molecular weight is 245 g/mol. The number of allylic oxidation sites excluding steroid dienone is 1. The molecular weight excluding hydrogens is 218 g/mol.